The molecule has 2 aromatic carbocycles. The Morgan fingerprint density at radius 1 is 1.08 bits per heavy atom. The number of ether oxygens (including phenoxy) is 1. The van der Waals surface area contributed by atoms with E-state index in [1.54, 1.807) is 11.4 Å². The van der Waals surface area contributed by atoms with Gasteiger partial charge in [-0.15, -0.1) is 11.3 Å². The number of carbonyl (C=O) groups is 2. The minimum absolute atomic E-state index is 0.0893. The summed E-state index contributed by atoms with van der Waals surface area (Å²) in [4.78, 5) is 24.7. The number of rotatable bonds is 4. The molecule has 132 valence electrons. The van der Waals surface area contributed by atoms with Crippen molar-refractivity contribution in [1.82, 2.24) is 0 Å². The van der Waals surface area contributed by atoms with Gasteiger partial charge in [-0.05, 0) is 24.6 Å². The van der Waals surface area contributed by atoms with Crippen LogP contribution in [0.5, 0.6) is 0 Å². The molecule has 0 aliphatic rings. The molecule has 0 bridgehead atoms. The summed E-state index contributed by atoms with van der Waals surface area (Å²) in [5.74, 6) is -1.81. The van der Waals surface area contributed by atoms with Crippen LogP contribution >= 0.6 is 11.3 Å². The van der Waals surface area contributed by atoms with Crippen molar-refractivity contribution in [1.29, 1.82) is 0 Å². The Labute approximate surface area is 154 Å². The molecule has 0 saturated carbocycles. The van der Waals surface area contributed by atoms with E-state index in [0.717, 1.165) is 11.1 Å². The van der Waals surface area contributed by atoms with Crippen molar-refractivity contribution in [3.8, 4) is 11.1 Å². The van der Waals surface area contributed by atoms with Gasteiger partial charge in [-0.25, -0.2) is 9.18 Å². The first-order valence-electron chi connectivity index (χ1n) is 7.84. The van der Waals surface area contributed by atoms with Crippen molar-refractivity contribution >= 4 is 28.2 Å². The average molecular weight is 369 g/mol. The Bertz CT molecular complexity index is 963. The van der Waals surface area contributed by atoms with Gasteiger partial charge in [0, 0.05) is 10.9 Å². The van der Waals surface area contributed by atoms with Crippen molar-refractivity contribution in [2.24, 2.45) is 0 Å². The van der Waals surface area contributed by atoms with Crippen LogP contribution < -0.4 is 5.32 Å². The highest BCUT2D eigenvalue weighted by molar-refractivity contribution is 7.15. The van der Waals surface area contributed by atoms with E-state index in [1.165, 1.54) is 36.6 Å². The predicted octanol–water partition coefficient (Wildman–Crippen LogP) is 4.90. The maximum Gasteiger partial charge on any atom is 0.341 e. The molecule has 26 heavy (non-hydrogen) atoms. The highest BCUT2D eigenvalue weighted by Gasteiger charge is 2.23. The van der Waals surface area contributed by atoms with Gasteiger partial charge in [-0.2, -0.15) is 0 Å². The number of hydrogen-bond acceptors (Lipinski definition) is 4. The van der Waals surface area contributed by atoms with Crippen LogP contribution in [0.1, 0.15) is 26.3 Å². The lowest BCUT2D eigenvalue weighted by Gasteiger charge is -2.08. The van der Waals surface area contributed by atoms with E-state index in [-0.39, 0.29) is 11.1 Å². The summed E-state index contributed by atoms with van der Waals surface area (Å²) in [7, 11) is 1.28. The monoisotopic (exact) mass is 369 g/mol. The lowest BCUT2D eigenvalue weighted by atomic mass is 10.0. The van der Waals surface area contributed by atoms with Gasteiger partial charge in [-0.1, -0.05) is 42.0 Å². The second-order valence-electron chi connectivity index (χ2n) is 5.65. The van der Waals surface area contributed by atoms with Gasteiger partial charge < -0.3 is 10.1 Å². The molecule has 1 N–H and O–H groups in total. The highest BCUT2D eigenvalue weighted by Crippen LogP contribution is 2.36. The summed E-state index contributed by atoms with van der Waals surface area (Å²) in [5, 5.41) is 4.71. The van der Waals surface area contributed by atoms with Crippen molar-refractivity contribution in [3.63, 3.8) is 0 Å². The van der Waals surface area contributed by atoms with E-state index in [1.807, 2.05) is 31.2 Å². The van der Waals surface area contributed by atoms with Crippen molar-refractivity contribution in [2.75, 3.05) is 12.4 Å². The Hall–Kier alpha value is -2.99. The second-order valence-corrected chi connectivity index (χ2v) is 6.52. The van der Waals surface area contributed by atoms with Crippen LogP contribution in [0.3, 0.4) is 0 Å². The van der Waals surface area contributed by atoms with Crippen LogP contribution in [0.15, 0.2) is 53.9 Å². The summed E-state index contributed by atoms with van der Waals surface area (Å²) in [6, 6.07) is 13.3. The smallest absolute Gasteiger partial charge is 0.341 e. The first-order valence-corrected chi connectivity index (χ1v) is 8.72. The third-order valence-electron chi connectivity index (χ3n) is 3.89. The van der Waals surface area contributed by atoms with Gasteiger partial charge in [0.25, 0.3) is 5.91 Å². The number of hydrogen-bond donors (Lipinski definition) is 1. The summed E-state index contributed by atoms with van der Waals surface area (Å²) in [6.07, 6.45) is 0. The van der Waals surface area contributed by atoms with Crippen LogP contribution in [-0.2, 0) is 4.74 Å². The summed E-state index contributed by atoms with van der Waals surface area (Å²) < 4.78 is 18.7. The number of aryl methyl sites for hydroxylation is 1. The molecule has 0 aliphatic heterocycles. The number of thiophene rings is 1. The summed E-state index contributed by atoms with van der Waals surface area (Å²) in [5.41, 5.74) is 2.75. The van der Waals surface area contributed by atoms with Gasteiger partial charge in [0.1, 0.15) is 16.4 Å². The van der Waals surface area contributed by atoms with Crippen molar-refractivity contribution in [2.45, 2.75) is 6.92 Å². The SMILES string of the molecule is COC(=O)c1c(-c2ccc(C)cc2)csc1NC(=O)c1ccccc1F. The fourth-order valence-corrected chi connectivity index (χ4v) is 3.47. The topological polar surface area (TPSA) is 55.4 Å². The molecular weight excluding hydrogens is 353 g/mol. The van der Waals surface area contributed by atoms with Gasteiger partial charge in [-0.3, -0.25) is 4.79 Å². The van der Waals surface area contributed by atoms with E-state index < -0.39 is 17.7 Å². The molecule has 0 spiro atoms. The third-order valence-corrected chi connectivity index (χ3v) is 4.78. The number of benzene rings is 2. The standard InChI is InChI=1S/C20H16FNO3S/c1-12-7-9-13(10-8-12)15-11-26-19(17(15)20(24)25-2)22-18(23)14-5-3-4-6-16(14)21/h3-11H,1-2H3,(H,22,23). The van der Waals surface area contributed by atoms with Crippen LogP contribution in [-0.4, -0.2) is 19.0 Å². The lowest BCUT2D eigenvalue weighted by molar-refractivity contribution is 0.0603. The third kappa shape index (κ3) is 3.50. The molecule has 1 amide bonds. The number of methoxy groups -OCH3 is 1. The first-order chi connectivity index (χ1) is 12.5. The van der Waals surface area contributed by atoms with E-state index >= 15 is 0 Å². The second kappa shape index (κ2) is 7.49. The minimum atomic E-state index is -0.625. The van der Waals surface area contributed by atoms with Crippen molar-refractivity contribution in [3.05, 3.63) is 76.4 Å². The molecule has 4 nitrogen and oxygen atoms in total. The van der Waals surface area contributed by atoms with Crippen LogP contribution in [0.2, 0.25) is 0 Å². The lowest BCUT2D eigenvalue weighted by Crippen LogP contribution is -2.15. The summed E-state index contributed by atoms with van der Waals surface area (Å²) in [6.45, 7) is 1.97. The van der Waals surface area contributed by atoms with E-state index in [9.17, 15) is 14.0 Å². The fraction of sp³-hybridized carbons (Fsp3) is 0.100. The number of amides is 1. The fourth-order valence-electron chi connectivity index (χ4n) is 2.52. The molecular formula is C20H16FNO3S. The largest absolute Gasteiger partial charge is 0.465 e. The Morgan fingerprint density at radius 3 is 2.42 bits per heavy atom. The number of anilines is 1. The van der Waals surface area contributed by atoms with E-state index in [4.69, 9.17) is 4.74 Å². The van der Waals surface area contributed by atoms with Crippen LogP contribution in [0.25, 0.3) is 11.1 Å². The van der Waals surface area contributed by atoms with E-state index in [2.05, 4.69) is 5.32 Å². The molecule has 0 atom stereocenters. The summed E-state index contributed by atoms with van der Waals surface area (Å²) >= 11 is 1.19. The Morgan fingerprint density at radius 2 is 1.77 bits per heavy atom. The molecule has 0 aliphatic carbocycles. The Kier molecular flexibility index (Phi) is 5.14. The van der Waals surface area contributed by atoms with Crippen LogP contribution in [0, 0.1) is 12.7 Å². The van der Waals surface area contributed by atoms with Crippen molar-refractivity contribution < 1.29 is 18.7 Å². The van der Waals surface area contributed by atoms with Gasteiger partial charge >= 0.3 is 5.97 Å². The highest BCUT2D eigenvalue weighted by atomic mass is 32.1. The molecule has 1 aromatic heterocycles. The zero-order valence-electron chi connectivity index (χ0n) is 14.2. The van der Waals surface area contributed by atoms with Gasteiger partial charge in [0.2, 0.25) is 0 Å². The van der Waals surface area contributed by atoms with Gasteiger partial charge in [0.15, 0.2) is 0 Å². The molecule has 0 saturated heterocycles. The zero-order valence-corrected chi connectivity index (χ0v) is 15.0. The number of carbonyl (C=O) groups excluding carboxylic acids is 2. The number of nitrogens with one attached hydrogen (secondary N) is 1. The predicted molar refractivity (Wildman–Crippen MR) is 100 cm³/mol. The molecule has 1 heterocycles. The van der Waals surface area contributed by atoms with E-state index in [0.29, 0.717) is 10.6 Å². The maximum absolute atomic E-state index is 13.8. The number of esters is 1. The van der Waals surface area contributed by atoms with Gasteiger partial charge in [0.05, 0.1) is 12.7 Å². The van der Waals surface area contributed by atoms with Crippen LogP contribution in [0.4, 0.5) is 9.39 Å². The minimum Gasteiger partial charge on any atom is -0.465 e. The molecule has 3 rings (SSSR count). The molecule has 0 fully saturated rings. The number of halogens is 1. The first kappa shape index (κ1) is 17.8. The maximum atomic E-state index is 13.8. The average Bonchev–Trinajstić information content (AvgIpc) is 3.05. The molecule has 6 heteroatoms. The quantitative estimate of drug-likeness (QED) is 0.666. The molecule has 0 radical (unpaired) electrons. The molecule has 0 unspecified atom stereocenters. The zero-order chi connectivity index (χ0) is 18.7. The normalized spacial score (nSPS) is 10.4. The molecule has 3 aromatic rings. The Balaban J connectivity index is 2.00.